The third-order valence-corrected chi connectivity index (χ3v) is 6.75. The average Bonchev–Trinajstić information content (AvgIpc) is 2.72. The summed E-state index contributed by atoms with van der Waals surface area (Å²) in [7, 11) is -2.31. The fourth-order valence-corrected chi connectivity index (χ4v) is 4.89. The number of rotatable bonds is 7. The van der Waals surface area contributed by atoms with Gasteiger partial charge in [0.1, 0.15) is 11.8 Å². The summed E-state index contributed by atoms with van der Waals surface area (Å²) < 4.78 is 29.9. The van der Waals surface area contributed by atoms with Crippen LogP contribution in [0.15, 0.2) is 54.6 Å². The fraction of sp³-hybridized carbons (Fsp3) is 0.364. The molecule has 3 rings (SSSR count). The Balaban J connectivity index is 1.66. The lowest BCUT2D eigenvalue weighted by atomic mass is 9.94. The lowest BCUT2D eigenvalue weighted by molar-refractivity contribution is -0.153. The number of carbonyl (C=O) groups is 2. The Morgan fingerprint density at radius 1 is 1.03 bits per heavy atom. The molecular weight excluding hydrogens is 390 g/mol. The van der Waals surface area contributed by atoms with Crippen LogP contribution in [0.25, 0.3) is 0 Å². The van der Waals surface area contributed by atoms with E-state index in [9.17, 15) is 18.0 Å². The zero-order valence-corrected chi connectivity index (χ0v) is 17.2. The summed E-state index contributed by atoms with van der Waals surface area (Å²) >= 11 is 0. The van der Waals surface area contributed by atoms with Gasteiger partial charge in [-0.05, 0) is 29.5 Å². The molecule has 0 bridgehead atoms. The number of ether oxygens (including phenoxy) is 1. The molecule has 2 aromatic carbocycles. The lowest BCUT2D eigenvalue weighted by Crippen LogP contribution is -2.50. The summed E-state index contributed by atoms with van der Waals surface area (Å²) in [6.45, 7) is 0.203. The van der Waals surface area contributed by atoms with E-state index in [4.69, 9.17) is 4.74 Å². The molecule has 7 heteroatoms. The predicted octanol–water partition coefficient (Wildman–Crippen LogP) is 2.16. The second kappa shape index (κ2) is 9.22. The number of aryl methyl sites for hydroxylation is 1. The number of methoxy groups -OCH3 is 1. The number of amides is 1. The Labute approximate surface area is 171 Å². The Bertz CT molecular complexity index is 972. The van der Waals surface area contributed by atoms with E-state index in [-0.39, 0.29) is 12.3 Å². The Morgan fingerprint density at radius 2 is 1.69 bits per heavy atom. The molecule has 1 unspecified atom stereocenters. The van der Waals surface area contributed by atoms with E-state index >= 15 is 0 Å². The maximum Gasteiger partial charge on any atom is 0.328 e. The molecule has 1 atom stereocenters. The minimum atomic E-state index is -3.58. The maximum absolute atomic E-state index is 12.8. The average molecular weight is 416 g/mol. The topological polar surface area (TPSA) is 80.8 Å². The highest BCUT2D eigenvalue weighted by atomic mass is 32.2. The van der Waals surface area contributed by atoms with E-state index < -0.39 is 33.5 Å². The Kier molecular flexibility index (Phi) is 6.69. The zero-order chi connectivity index (χ0) is 20.9. The predicted molar refractivity (Wildman–Crippen MR) is 110 cm³/mol. The SMILES string of the molecule is COC(=O)C1Cc2ccccc2CN1C(=O)CS(=O)(=O)CCCc1ccccc1. The molecule has 1 aliphatic heterocycles. The second-order valence-electron chi connectivity index (χ2n) is 7.21. The van der Waals surface area contributed by atoms with Crippen LogP contribution in [0.2, 0.25) is 0 Å². The molecule has 0 N–H and O–H groups in total. The first-order valence-corrected chi connectivity index (χ1v) is 11.4. The molecule has 1 aliphatic rings. The third kappa shape index (κ3) is 5.44. The van der Waals surface area contributed by atoms with Crippen molar-refractivity contribution >= 4 is 21.7 Å². The van der Waals surface area contributed by atoms with E-state index in [1.54, 1.807) is 0 Å². The molecule has 154 valence electrons. The summed E-state index contributed by atoms with van der Waals surface area (Å²) in [4.78, 5) is 26.4. The fourth-order valence-electron chi connectivity index (χ4n) is 3.62. The van der Waals surface area contributed by atoms with E-state index in [0.717, 1.165) is 16.7 Å². The first kappa shape index (κ1) is 21.0. The van der Waals surface area contributed by atoms with Crippen LogP contribution in [0.3, 0.4) is 0 Å². The molecule has 1 amide bonds. The monoisotopic (exact) mass is 415 g/mol. The standard InChI is InChI=1S/C22H25NO5S/c1-28-22(25)20-14-18-11-5-6-12-19(18)15-23(20)21(24)16-29(26,27)13-7-10-17-8-3-2-4-9-17/h2-6,8-9,11-12,20H,7,10,13-16H2,1H3. The van der Waals surface area contributed by atoms with Gasteiger partial charge in [0.05, 0.1) is 12.9 Å². The highest BCUT2D eigenvalue weighted by molar-refractivity contribution is 7.92. The minimum Gasteiger partial charge on any atom is -0.467 e. The molecule has 1 heterocycles. The number of fused-ring (bicyclic) bond motifs is 1. The third-order valence-electron chi connectivity index (χ3n) is 5.15. The van der Waals surface area contributed by atoms with Gasteiger partial charge < -0.3 is 9.64 Å². The van der Waals surface area contributed by atoms with Crippen molar-refractivity contribution in [2.45, 2.75) is 31.8 Å². The minimum absolute atomic E-state index is 0.0685. The first-order chi connectivity index (χ1) is 13.9. The quantitative estimate of drug-likeness (QED) is 0.648. The number of hydrogen-bond donors (Lipinski definition) is 0. The van der Waals surface area contributed by atoms with Crippen molar-refractivity contribution < 1.29 is 22.7 Å². The molecule has 29 heavy (non-hydrogen) atoms. The molecule has 0 saturated carbocycles. The maximum atomic E-state index is 12.8. The van der Waals surface area contributed by atoms with Crippen molar-refractivity contribution in [1.82, 2.24) is 4.90 Å². The highest BCUT2D eigenvalue weighted by Crippen LogP contribution is 2.24. The molecule has 0 aliphatic carbocycles. The summed E-state index contributed by atoms with van der Waals surface area (Å²) in [5.74, 6) is -1.76. The molecule has 0 spiro atoms. The highest BCUT2D eigenvalue weighted by Gasteiger charge is 2.36. The number of esters is 1. The van der Waals surface area contributed by atoms with Crippen LogP contribution in [0.4, 0.5) is 0 Å². The van der Waals surface area contributed by atoms with Gasteiger partial charge in [-0.25, -0.2) is 13.2 Å². The van der Waals surface area contributed by atoms with Crippen molar-refractivity contribution in [2.24, 2.45) is 0 Å². The van der Waals surface area contributed by atoms with E-state index in [1.165, 1.54) is 12.0 Å². The van der Waals surface area contributed by atoms with Gasteiger partial charge in [0.15, 0.2) is 9.84 Å². The van der Waals surface area contributed by atoms with Crippen LogP contribution in [0.1, 0.15) is 23.1 Å². The molecule has 0 aromatic heterocycles. The van der Waals surface area contributed by atoms with Crippen LogP contribution in [-0.4, -0.2) is 49.9 Å². The summed E-state index contributed by atoms with van der Waals surface area (Å²) in [5.41, 5.74) is 2.95. The van der Waals surface area contributed by atoms with Gasteiger partial charge in [-0.1, -0.05) is 54.6 Å². The number of carbonyl (C=O) groups excluding carboxylic acids is 2. The van der Waals surface area contributed by atoms with E-state index in [1.807, 2.05) is 54.6 Å². The van der Waals surface area contributed by atoms with Gasteiger partial charge in [-0.15, -0.1) is 0 Å². The van der Waals surface area contributed by atoms with Crippen molar-refractivity contribution in [1.29, 1.82) is 0 Å². The molecular formula is C22H25NO5S. The van der Waals surface area contributed by atoms with Gasteiger partial charge in [0.25, 0.3) is 0 Å². The summed E-state index contributed by atoms with van der Waals surface area (Å²) in [5, 5.41) is 0. The van der Waals surface area contributed by atoms with Crippen LogP contribution >= 0.6 is 0 Å². The molecule has 0 radical (unpaired) electrons. The van der Waals surface area contributed by atoms with E-state index in [0.29, 0.717) is 19.3 Å². The molecule has 6 nitrogen and oxygen atoms in total. The van der Waals surface area contributed by atoms with Crippen molar-refractivity contribution in [3.05, 3.63) is 71.3 Å². The molecule has 2 aromatic rings. The summed E-state index contributed by atoms with van der Waals surface area (Å²) in [6, 6.07) is 16.4. The van der Waals surface area contributed by atoms with Crippen LogP contribution < -0.4 is 0 Å². The number of nitrogens with zero attached hydrogens (tertiary/aromatic N) is 1. The zero-order valence-electron chi connectivity index (χ0n) is 16.4. The lowest BCUT2D eigenvalue weighted by Gasteiger charge is -2.35. The molecule has 0 fully saturated rings. The smallest absolute Gasteiger partial charge is 0.328 e. The molecule has 0 saturated heterocycles. The summed E-state index contributed by atoms with van der Waals surface area (Å²) in [6.07, 6.45) is 1.40. The van der Waals surface area contributed by atoms with Gasteiger partial charge in [0.2, 0.25) is 5.91 Å². The number of benzene rings is 2. The van der Waals surface area contributed by atoms with Gasteiger partial charge in [-0.3, -0.25) is 4.79 Å². The van der Waals surface area contributed by atoms with Crippen LogP contribution in [0.5, 0.6) is 0 Å². The number of sulfone groups is 1. The van der Waals surface area contributed by atoms with Crippen LogP contribution in [0, 0.1) is 0 Å². The van der Waals surface area contributed by atoms with Crippen LogP contribution in [-0.2, 0) is 43.5 Å². The first-order valence-electron chi connectivity index (χ1n) is 9.58. The second-order valence-corrected chi connectivity index (χ2v) is 9.40. The van der Waals surface area contributed by atoms with Gasteiger partial charge in [-0.2, -0.15) is 0 Å². The normalized spacial score (nSPS) is 16.2. The van der Waals surface area contributed by atoms with Crippen molar-refractivity contribution in [3.63, 3.8) is 0 Å². The van der Waals surface area contributed by atoms with Gasteiger partial charge in [0, 0.05) is 13.0 Å². The van der Waals surface area contributed by atoms with Crippen molar-refractivity contribution in [2.75, 3.05) is 18.6 Å². The van der Waals surface area contributed by atoms with Gasteiger partial charge >= 0.3 is 5.97 Å². The van der Waals surface area contributed by atoms with Crippen molar-refractivity contribution in [3.8, 4) is 0 Å². The van der Waals surface area contributed by atoms with E-state index in [2.05, 4.69) is 0 Å². The number of hydrogen-bond acceptors (Lipinski definition) is 5. The largest absolute Gasteiger partial charge is 0.467 e. The Hall–Kier alpha value is -2.67. The Morgan fingerprint density at radius 3 is 2.38 bits per heavy atom.